The van der Waals surface area contributed by atoms with Crippen LogP contribution in [0.2, 0.25) is 0 Å². The lowest BCUT2D eigenvalue weighted by Crippen LogP contribution is -2.36. The molecule has 0 atom stereocenters. The number of anilines is 2. The van der Waals surface area contributed by atoms with E-state index in [9.17, 15) is 8.42 Å². The number of benzene rings is 1. The predicted octanol–water partition coefficient (Wildman–Crippen LogP) is 1.10. The Labute approximate surface area is 165 Å². The number of nitrogens with one attached hydrogen (secondary N) is 2. The van der Waals surface area contributed by atoms with Crippen LogP contribution in [0.3, 0.4) is 0 Å². The molecule has 28 heavy (non-hydrogen) atoms. The fourth-order valence-corrected chi connectivity index (χ4v) is 3.78. The highest BCUT2D eigenvalue weighted by atomic mass is 32.2. The monoisotopic (exact) mass is 407 g/mol. The summed E-state index contributed by atoms with van der Waals surface area (Å²) in [5.41, 5.74) is 0. The van der Waals surface area contributed by atoms with Crippen molar-refractivity contribution in [2.24, 2.45) is 0 Å². The second kappa shape index (κ2) is 9.67. The van der Waals surface area contributed by atoms with Crippen molar-refractivity contribution >= 4 is 21.7 Å². The van der Waals surface area contributed by atoms with E-state index in [-0.39, 0.29) is 11.4 Å². The maximum Gasteiger partial charge on any atom is 0.240 e. The molecule has 0 amide bonds. The van der Waals surface area contributed by atoms with Gasteiger partial charge in [-0.1, -0.05) is 0 Å². The quantitative estimate of drug-likeness (QED) is 0.596. The van der Waals surface area contributed by atoms with Gasteiger partial charge < -0.3 is 19.7 Å². The van der Waals surface area contributed by atoms with Crippen LogP contribution in [-0.4, -0.2) is 64.4 Å². The molecule has 2 N–H and O–H groups in total. The first-order chi connectivity index (χ1) is 13.6. The molecule has 152 valence electrons. The average molecular weight is 407 g/mol. The molecule has 1 aliphatic heterocycles. The van der Waals surface area contributed by atoms with Crippen molar-refractivity contribution in [1.29, 1.82) is 0 Å². The van der Waals surface area contributed by atoms with Gasteiger partial charge in [0, 0.05) is 32.2 Å². The van der Waals surface area contributed by atoms with E-state index in [4.69, 9.17) is 9.47 Å². The zero-order chi connectivity index (χ0) is 19.8. The Kier molecular flexibility index (Phi) is 7.01. The number of morpholine rings is 1. The SMILES string of the molecule is CCOc1ccc(S(=O)(=O)NCCNc2cc(N3CCOCC3)ncn2)cc1. The average Bonchev–Trinajstić information content (AvgIpc) is 2.73. The van der Waals surface area contributed by atoms with E-state index >= 15 is 0 Å². The Balaban J connectivity index is 1.49. The molecule has 1 saturated heterocycles. The fourth-order valence-electron chi connectivity index (χ4n) is 2.75. The molecule has 0 aliphatic carbocycles. The molecule has 1 aliphatic rings. The summed E-state index contributed by atoms with van der Waals surface area (Å²) in [5, 5.41) is 3.12. The zero-order valence-corrected chi connectivity index (χ0v) is 16.6. The third kappa shape index (κ3) is 5.54. The summed E-state index contributed by atoms with van der Waals surface area (Å²) in [6.45, 7) is 5.98. The van der Waals surface area contributed by atoms with Crippen molar-refractivity contribution in [2.45, 2.75) is 11.8 Å². The summed E-state index contributed by atoms with van der Waals surface area (Å²) in [6, 6.07) is 8.20. The first-order valence-corrected chi connectivity index (χ1v) is 10.7. The van der Waals surface area contributed by atoms with E-state index in [0.717, 1.165) is 18.9 Å². The molecule has 1 aromatic heterocycles. The van der Waals surface area contributed by atoms with Gasteiger partial charge >= 0.3 is 0 Å². The summed E-state index contributed by atoms with van der Waals surface area (Å²) >= 11 is 0. The molecule has 1 aromatic carbocycles. The van der Waals surface area contributed by atoms with Gasteiger partial charge in [-0.15, -0.1) is 0 Å². The van der Waals surface area contributed by atoms with Crippen molar-refractivity contribution in [3.63, 3.8) is 0 Å². The van der Waals surface area contributed by atoms with E-state index in [1.165, 1.54) is 18.5 Å². The second-order valence-electron chi connectivity index (χ2n) is 6.09. The lowest BCUT2D eigenvalue weighted by Gasteiger charge is -2.27. The van der Waals surface area contributed by atoms with Crippen LogP contribution in [0.25, 0.3) is 0 Å². The van der Waals surface area contributed by atoms with Crippen LogP contribution >= 0.6 is 0 Å². The molecule has 10 heteroatoms. The third-order valence-corrected chi connectivity index (χ3v) is 5.63. The summed E-state index contributed by atoms with van der Waals surface area (Å²) in [4.78, 5) is 10.8. The van der Waals surface area contributed by atoms with Gasteiger partial charge in [-0.2, -0.15) is 0 Å². The Morgan fingerprint density at radius 2 is 1.89 bits per heavy atom. The van der Waals surface area contributed by atoms with Crippen molar-refractivity contribution in [1.82, 2.24) is 14.7 Å². The van der Waals surface area contributed by atoms with Gasteiger partial charge in [0.25, 0.3) is 0 Å². The van der Waals surface area contributed by atoms with Crippen molar-refractivity contribution < 1.29 is 17.9 Å². The van der Waals surface area contributed by atoms with E-state index in [0.29, 0.717) is 37.9 Å². The second-order valence-corrected chi connectivity index (χ2v) is 7.86. The van der Waals surface area contributed by atoms with E-state index in [2.05, 4.69) is 24.9 Å². The minimum Gasteiger partial charge on any atom is -0.494 e. The maximum atomic E-state index is 12.3. The van der Waals surface area contributed by atoms with Crippen molar-refractivity contribution in [3.05, 3.63) is 36.7 Å². The Bertz CT molecular complexity index is 855. The Morgan fingerprint density at radius 3 is 2.61 bits per heavy atom. The minimum atomic E-state index is -3.57. The Morgan fingerprint density at radius 1 is 1.14 bits per heavy atom. The molecule has 0 bridgehead atoms. The minimum absolute atomic E-state index is 0.201. The van der Waals surface area contributed by atoms with Gasteiger partial charge in [-0.25, -0.2) is 23.1 Å². The molecular weight excluding hydrogens is 382 g/mol. The number of nitrogens with zero attached hydrogens (tertiary/aromatic N) is 3. The normalized spacial score (nSPS) is 14.7. The maximum absolute atomic E-state index is 12.3. The molecule has 3 rings (SSSR count). The van der Waals surface area contributed by atoms with Gasteiger partial charge in [0.15, 0.2) is 0 Å². The lowest BCUT2D eigenvalue weighted by molar-refractivity contribution is 0.122. The molecule has 9 nitrogen and oxygen atoms in total. The van der Waals surface area contributed by atoms with Gasteiger partial charge in [-0.3, -0.25) is 0 Å². The predicted molar refractivity (Wildman–Crippen MR) is 106 cm³/mol. The molecule has 2 heterocycles. The molecule has 0 unspecified atom stereocenters. The highest BCUT2D eigenvalue weighted by Crippen LogP contribution is 2.16. The van der Waals surface area contributed by atoms with Gasteiger partial charge in [-0.05, 0) is 31.2 Å². The standard InChI is InChI=1S/C18H25N5O4S/c1-2-27-15-3-5-16(6-4-15)28(24,25)22-8-7-19-17-13-18(21-14-20-17)23-9-11-26-12-10-23/h3-6,13-14,22H,2,7-12H2,1H3,(H,19,20,21). The number of sulfonamides is 1. The van der Waals surface area contributed by atoms with Gasteiger partial charge in [0.1, 0.15) is 23.7 Å². The third-order valence-electron chi connectivity index (χ3n) is 4.16. The van der Waals surface area contributed by atoms with Crippen LogP contribution in [0.5, 0.6) is 5.75 Å². The van der Waals surface area contributed by atoms with Crippen LogP contribution in [0.15, 0.2) is 41.6 Å². The lowest BCUT2D eigenvalue weighted by atomic mass is 10.3. The summed E-state index contributed by atoms with van der Waals surface area (Å²) in [7, 11) is -3.57. The molecule has 0 radical (unpaired) electrons. The first-order valence-electron chi connectivity index (χ1n) is 9.19. The number of aromatic nitrogens is 2. The van der Waals surface area contributed by atoms with Crippen molar-refractivity contribution in [3.8, 4) is 5.75 Å². The molecule has 0 saturated carbocycles. The highest BCUT2D eigenvalue weighted by Gasteiger charge is 2.14. The fraction of sp³-hybridized carbons (Fsp3) is 0.444. The number of hydrogen-bond donors (Lipinski definition) is 2. The van der Waals surface area contributed by atoms with Crippen LogP contribution in [0.1, 0.15) is 6.92 Å². The molecular formula is C18H25N5O4S. The van der Waals surface area contributed by atoms with Crippen LogP contribution in [0, 0.1) is 0 Å². The van der Waals surface area contributed by atoms with Crippen molar-refractivity contribution in [2.75, 3.05) is 56.2 Å². The largest absolute Gasteiger partial charge is 0.494 e. The number of rotatable bonds is 9. The van der Waals surface area contributed by atoms with Crippen LogP contribution in [0.4, 0.5) is 11.6 Å². The summed E-state index contributed by atoms with van der Waals surface area (Å²) in [6.07, 6.45) is 1.50. The Hall–Kier alpha value is -2.43. The van der Waals surface area contributed by atoms with Crippen LogP contribution in [-0.2, 0) is 14.8 Å². The first kappa shape index (κ1) is 20.3. The number of hydrogen-bond acceptors (Lipinski definition) is 8. The molecule has 0 spiro atoms. The van der Waals surface area contributed by atoms with Gasteiger partial charge in [0.2, 0.25) is 10.0 Å². The van der Waals surface area contributed by atoms with Gasteiger partial charge in [0.05, 0.1) is 24.7 Å². The smallest absolute Gasteiger partial charge is 0.240 e. The summed E-state index contributed by atoms with van der Waals surface area (Å²) in [5.74, 6) is 2.12. The highest BCUT2D eigenvalue weighted by molar-refractivity contribution is 7.89. The summed E-state index contributed by atoms with van der Waals surface area (Å²) < 4.78 is 37.9. The molecule has 2 aromatic rings. The van der Waals surface area contributed by atoms with E-state index in [1.807, 2.05) is 13.0 Å². The zero-order valence-electron chi connectivity index (χ0n) is 15.8. The molecule has 1 fully saturated rings. The number of ether oxygens (including phenoxy) is 2. The van der Waals surface area contributed by atoms with Crippen LogP contribution < -0.4 is 19.7 Å². The topological polar surface area (TPSA) is 106 Å². The van der Waals surface area contributed by atoms with E-state index in [1.54, 1.807) is 12.1 Å². The van der Waals surface area contributed by atoms with E-state index < -0.39 is 10.0 Å².